The molecule has 0 bridgehead atoms. The van der Waals surface area contributed by atoms with E-state index < -0.39 is 5.97 Å². The van der Waals surface area contributed by atoms with Crippen LogP contribution in [0.25, 0.3) is 6.08 Å². The van der Waals surface area contributed by atoms with Crippen molar-refractivity contribution in [3.05, 3.63) is 89.5 Å². The van der Waals surface area contributed by atoms with Gasteiger partial charge in [0.1, 0.15) is 17.2 Å². The maximum absolute atomic E-state index is 12.7. The van der Waals surface area contributed by atoms with Crippen molar-refractivity contribution in [1.82, 2.24) is 0 Å². The standard InChI is InChI=1S/C28H27NO5/c1-28(2)17-23-24(33-18-28)15-19(16-25(23)34-27(31)20-7-5-4-6-8-20)9-14-26(30)29-21-10-12-22(32-3)13-11-21/h4-16H,17-18H2,1-3H3,(H,29,30)/b14-9+. The summed E-state index contributed by atoms with van der Waals surface area (Å²) in [6, 6.07) is 19.5. The van der Waals surface area contributed by atoms with Gasteiger partial charge in [0, 0.05) is 22.7 Å². The first-order valence-electron chi connectivity index (χ1n) is 11.0. The van der Waals surface area contributed by atoms with E-state index in [0.717, 1.165) is 5.56 Å². The zero-order chi connectivity index (χ0) is 24.1. The van der Waals surface area contributed by atoms with Crippen LogP contribution in [0.3, 0.4) is 0 Å². The molecule has 0 fully saturated rings. The van der Waals surface area contributed by atoms with Gasteiger partial charge in [-0.15, -0.1) is 0 Å². The Labute approximate surface area is 199 Å². The van der Waals surface area contributed by atoms with Gasteiger partial charge in [-0.3, -0.25) is 4.79 Å². The van der Waals surface area contributed by atoms with Crippen LogP contribution in [0.15, 0.2) is 72.8 Å². The van der Waals surface area contributed by atoms with E-state index in [-0.39, 0.29) is 11.3 Å². The monoisotopic (exact) mass is 457 g/mol. The number of carbonyl (C=O) groups is 2. The number of amides is 1. The van der Waals surface area contributed by atoms with Gasteiger partial charge in [0.15, 0.2) is 0 Å². The minimum absolute atomic E-state index is 0.0868. The lowest BCUT2D eigenvalue weighted by Crippen LogP contribution is -2.29. The molecule has 0 spiro atoms. The van der Waals surface area contributed by atoms with Crippen LogP contribution in [-0.4, -0.2) is 25.6 Å². The second-order valence-electron chi connectivity index (χ2n) is 8.93. The van der Waals surface area contributed by atoms with Crippen molar-refractivity contribution in [1.29, 1.82) is 0 Å². The Morgan fingerprint density at radius 1 is 1.03 bits per heavy atom. The van der Waals surface area contributed by atoms with Gasteiger partial charge >= 0.3 is 5.97 Å². The number of benzene rings is 3. The molecule has 1 aliphatic rings. The van der Waals surface area contributed by atoms with Crippen LogP contribution < -0.4 is 19.5 Å². The molecule has 1 amide bonds. The summed E-state index contributed by atoms with van der Waals surface area (Å²) in [6.07, 6.45) is 3.81. The SMILES string of the molecule is COc1ccc(NC(=O)/C=C/c2cc3c(c(OC(=O)c4ccccc4)c2)CC(C)(C)CO3)cc1. The quantitative estimate of drug-likeness (QED) is 0.299. The van der Waals surface area contributed by atoms with Gasteiger partial charge < -0.3 is 19.5 Å². The third kappa shape index (κ3) is 5.64. The molecule has 0 saturated heterocycles. The van der Waals surface area contributed by atoms with Gasteiger partial charge in [0.2, 0.25) is 5.91 Å². The molecule has 174 valence electrons. The lowest BCUT2D eigenvalue weighted by atomic mass is 9.83. The number of hydrogen-bond acceptors (Lipinski definition) is 5. The molecule has 34 heavy (non-hydrogen) atoms. The smallest absolute Gasteiger partial charge is 0.343 e. The first-order valence-corrected chi connectivity index (χ1v) is 11.0. The highest BCUT2D eigenvalue weighted by Gasteiger charge is 2.30. The molecule has 0 aliphatic carbocycles. The molecule has 6 nitrogen and oxygen atoms in total. The summed E-state index contributed by atoms with van der Waals surface area (Å²) in [7, 11) is 1.59. The molecular formula is C28H27NO5. The highest BCUT2D eigenvalue weighted by Crippen LogP contribution is 2.41. The first-order chi connectivity index (χ1) is 16.3. The summed E-state index contributed by atoms with van der Waals surface area (Å²) in [5, 5.41) is 2.81. The van der Waals surface area contributed by atoms with Gasteiger partial charge in [0.25, 0.3) is 0 Å². The van der Waals surface area contributed by atoms with Crippen LogP contribution in [0, 0.1) is 5.41 Å². The Balaban J connectivity index is 1.57. The Bertz CT molecular complexity index is 1210. The summed E-state index contributed by atoms with van der Waals surface area (Å²) >= 11 is 0. The van der Waals surface area contributed by atoms with E-state index in [1.54, 1.807) is 67.8 Å². The third-order valence-electron chi connectivity index (χ3n) is 5.46. The largest absolute Gasteiger partial charge is 0.497 e. The second kappa shape index (κ2) is 9.83. The van der Waals surface area contributed by atoms with Crippen molar-refractivity contribution >= 4 is 23.6 Å². The molecule has 1 aliphatic heterocycles. The molecule has 0 atom stereocenters. The van der Waals surface area contributed by atoms with Crippen molar-refractivity contribution in [3.63, 3.8) is 0 Å². The fourth-order valence-electron chi connectivity index (χ4n) is 3.70. The molecule has 1 heterocycles. The van der Waals surface area contributed by atoms with Crippen molar-refractivity contribution < 1.29 is 23.8 Å². The van der Waals surface area contributed by atoms with E-state index in [2.05, 4.69) is 19.2 Å². The number of rotatable bonds is 6. The number of fused-ring (bicyclic) bond motifs is 1. The average molecular weight is 458 g/mol. The van der Waals surface area contributed by atoms with E-state index in [0.29, 0.717) is 47.1 Å². The van der Waals surface area contributed by atoms with Gasteiger partial charge in [-0.25, -0.2) is 4.79 Å². The Kier molecular flexibility index (Phi) is 6.68. The van der Waals surface area contributed by atoms with E-state index in [1.165, 1.54) is 6.08 Å². The van der Waals surface area contributed by atoms with E-state index in [9.17, 15) is 9.59 Å². The fraction of sp³-hybridized carbons (Fsp3) is 0.214. The summed E-state index contributed by atoms with van der Waals surface area (Å²) in [4.78, 5) is 25.1. The highest BCUT2D eigenvalue weighted by atomic mass is 16.5. The summed E-state index contributed by atoms with van der Waals surface area (Å²) in [5.41, 5.74) is 2.58. The lowest BCUT2D eigenvalue weighted by molar-refractivity contribution is -0.111. The molecule has 1 N–H and O–H groups in total. The second-order valence-corrected chi connectivity index (χ2v) is 8.93. The number of hydrogen-bond donors (Lipinski definition) is 1. The number of methoxy groups -OCH3 is 1. The maximum atomic E-state index is 12.7. The van der Waals surface area contributed by atoms with Crippen molar-refractivity contribution in [3.8, 4) is 17.2 Å². The van der Waals surface area contributed by atoms with Crippen molar-refractivity contribution in [2.24, 2.45) is 5.41 Å². The normalized spacial score (nSPS) is 14.1. The number of nitrogens with one attached hydrogen (secondary N) is 1. The number of ether oxygens (including phenoxy) is 3. The Hall–Kier alpha value is -4.06. The van der Waals surface area contributed by atoms with Crippen LogP contribution >= 0.6 is 0 Å². The maximum Gasteiger partial charge on any atom is 0.343 e. The van der Waals surface area contributed by atoms with Crippen LogP contribution in [0.4, 0.5) is 5.69 Å². The van der Waals surface area contributed by atoms with Crippen LogP contribution in [-0.2, 0) is 11.2 Å². The molecule has 0 aromatic heterocycles. The lowest BCUT2D eigenvalue weighted by Gasteiger charge is -2.32. The minimum Gasteiger partial charge on any atom is -0.497 e. The molecule has 6 heteroatoms. The van der Waals surface area contributed by atoms with Crippen LogP contribution in [0.5, 0.6) is 17.2 Å². The Morgan fingerprint density at radius 3 is 2.47 bits per heavy atom. The average Bonchev–Trinajstić information content (AvgIpc) is 2.84. The van der Waals surface area contributed by atoms with Gasteiger partial charge in [-0.2, -0.15) is 0 Å². The van der Waals surface area contributed by atoms with Crippen LogP contribution in [0.1, 0.15) is 35.3 Å². The first kappa shape index (κ1) is 23.1. The van der Waals surface area contributed by atoms with Gasteiger partial charge in [-0.05, 0) is 66.6 Å². The molecule has 0 radical (unpaired) electrons. The molecule has 3 aromatic carbocycles. The molecule has 3 aromatic rings. The van der Waals surface area contributed by atoms with Crippen molar-refractivity contribution in [2.75, 3.05) is 19.0 Å². The van der Waals surface area contributed by atoms with Gasteiger partial charge in [-0.1, -0.05) is 32.0 Å². The predicted octanol–water partition coefficient (Wildman–Crippen LogP) is 5.53. The predicted molar refractivity (Wildman–Crippen MR) is 131 cm³/mol. The molecule has 0 saturated carbocycles. The molecule has 4 rings (SSSR count). The van der Waals surface area contributed by atoms with E-state index in [1.807, 2.05) is 12.1 Å². The topological polar surface area (TPSA) is 73.9 Å². The third-order valence-corrected chi connectivity index (χ3v) is 5.46. The Morgan fingerprint density at radius 2 is 1.76 bits per heavy atom. The molecule has 0 unspecified atom stereocenters. The zero-order valence-corrected chi connectivity index (χ0v) is 19.5. The molecular weight excluding hydrogens is 430 g/mol. The van der Waals surface area contributed by atoms with E-state index >= 15 is 0 Å². The minimum atomic E-state index is -0.440. The number of esters is 1. The number of anilines is 1. The summed E-state index contributed by atoms with van der Waals surface area (Å²) < 4.78 is 16.9. The van der Waals surface area contributed by atoms with E-state index in [4.69, 9.17) is 14.2 Å². The zero-order valence-electron chi connectivity index (χ0n) is 19.5. The van der Waals surface area contributed by atoms with Crippen LogP contribution in [0.2, 0.25) is 0 Å². The van der Waals surface area contributed by atoms with Crippen molar-refractivity contribution in [2.45, 2.75) is 20.3 Å². The van der Waals surface area contributed by atoms with Gasteiger partial charge in [0.05, 0.1) is 19.3 Å². The number of carbonyl (C=O) groups excluding carboxylic acids is 2. The summed E-state index contributed by atoms with van der Waals surface area (Å²) in [5.74, 6) is 1.09. The highest BCUT2D eigenvalue weighted by molar-refractivity contribution is 6.02. The summed E-state index contributed by atoms with van der Waals surface area (Å²) in [6.45, 7) is 4.77. The fourth-order valence-corrected chi connectivity index (χ4v) is 3.70.